The molecule has 6 nitrogen and oxygen atoms in total. The van der Waals surface area contributed by atoms with Crippen molar-refractivity contribution in [1.29, 1.82) is 0 Å². The predicted molar refractivity (Wildman–Crippen MR) is 105 cm³/mol. The van der Waals surface area contributed by atoms with E-state index in [9.17, 15) is 14.0 Å². The number of carbonyl (C=O) groups excluding carboxylic acids is 2. The second kappa shape index (κ2) is 8.12. The summed E-state index contributed by atoms with van der Waals surface area (Å²) < 4.78 is 13.1. The van der Waals surface area contributed by atoms with Crippen LogP contribution in [-0.4, -0.2) is 59.0 Å². The fourth-order valence-corrected chi connectivity index (χ4v) is 4.12. The van der Waals surface area contributed by atoms with Crippen LogP contribution in [-0.2, 0) is 16.1 Å². The summed E-state index contributed by atoms with van der Waals surface area (Å²) in [5.41, 5.74) is 1.74. The summed E-state index contributed by atoms with van der Waals surface area (Å²) in [6, 6.07) is 6.32. The van der Waals surface area contributed by atoms with Crippen molar-refractivity contribution in [3.8, 4) is 11.3 Å². The molecule has 1 aromatic heterocycles. The quantitative estimate of drug-likeness (QED) is 0.742. The van der Waals surface area contributed by atoms with Gasteiger partial charge >= 0.3 is 0 Å². The Hall–Kier alpha value is -2.71. The monoisotopic (exact) mass is 398 g/mol. The smallest absolute Gasteiger partial charge is 0.262 e. The standard InChI is InChI=1S/C20H19FN4O2S/c21-15-5-3-14(4-6-15)17-13-28-18(23-17)12-24-8-10-25(11-9-24)20(27)16-2-1-7-22-19(16)26/h1-7,13,16H,8-12H2. The van der Waals surface area contributed by atoms with Crippen molar-refractivity contribution in [1.82, 2.24) is 14.8 Å². The van der Waals surface area contributed by atoms with Crippen molar-refractivity contribution in [2.75, 3.05) is 26.2 Å². The van der Waals surface area contributed by atoms with Gasteiger partial charge in [0.2, 0.25) is 5.91 Å². The summed E-state index contributed by atoms with van der Waals surface area (Å²) in [5.74, 6) is -1.62. The zero-order valence-electron chi connectivity index (χ0n) is 15.1. The SMILES string of the molecule is O=C1N=CC=CC1C(=O)N1CCN(Cc2nc(-c3ccc(F)cc3)cs2)CC1. The molecule has 0 radical (unpaired) electrons. The van der Waals surface area contributed by atoms with Gasteiger partial charge in [-0.15, -0.1) is 11.3 Å². The van der Waals surface area contributed by atoms with Gasteiger partial charge in [-0.25, -0.2) is 14.4 Å². The van der Waals surface area contributed by atoms with Crippen LogP contribution < -0.4 is 0 Å². The minimum absolute atomic E-state index is 0.175. The van der Waals surface area contributed by atoms with E-state index in [1.54, 1.807) is 40.5 Å². The van der Waals surface area contributed by atoms with E-state index in [0.717, 1.165) is 29.4 Å². The molecule has 1 fully saturated rings. The maximum Gasteiger partial charge on any atom is 0.262 e. The molecule has 0 bridgehead atoms. The lowest BCUT2D eigenvalue weighted by atomic mass is 10.0. The number of hydrogen-bond acceptors (Lipinski definition) is 5. The van der Waals surface area contributed by atoms with Crippen molar-refractivity contribution in [3.05, 3.63) is 52.6 Å². The zero-order chi connectivity index (χ0) is 19.5. The number of carbonyl (C=O) groups is 2. The highest BCUT2D eigenvalue weighted by Gasteiger charge is 2.31. The minimum atomic E-state index is -0.784. The molecule has 1 saturated heterocycles. The van der Waals surface area contributed by atoms with Gasteiger partial charge in [0, 0.05) is 43.3 Å². The number of piperazine rings is 1. The zero-order valence-corrected chi connectivity index (χ0v) is 15.9. The van der Waals surface area contributed by atoms with Gasteiger partial charge in [-0.05, 0) is 30.3 Å². The van der Waals surface area contributed by atoms with Gasteiger partial charge in [-0.3, -0.25) is 14.5 Å². The first-order valence-corrected chi connectivity index (χ1v) is 9.94. The Morgan fingerprint density at radius 3 is 2.64 bits per heavy atom. The highest BCUT2D eigenvalue weighted by atomic mass is 32.1. The number of aromatic nitrogens is 1. The van der Waals surface area contributed by atoms with Gasteiger partial charge in [0.25, 0.3) is 5.91 Å². The number of aliphatic imine (C=N–C) groups is 1. The normalized spacial score (nSPS) is 20.0. The molecule has 28 heavy (non-hydrogen) atoms. The van der Waals surface area contributed by atoms with E-state index < -0.39 is 11.8 Å². The number of halogens is 1. The van der Waals surface area contributed by atoms with Crippen LogP contribution in [0.4, 0.5) is 4.39 Å². The van der Waals surface area contributed by atoms with E-state index in [4.69, 9.17) is 0 Å². The third-order valence-corrected chi connectivity index (χ3v) is 5.69. The van der Waals surface area contributed by atoms with Gasteiger partial charge in [-0.1, -0.05) is 6.08 Å². The molecule has 8 heteroatoms. The number of rotatable bonds is 4. The van der Waals surface area contributed by atoms with Gasteiger partial charge in [-0.2, -0.15) is 0 Å². The van der Waals surface area contributed by atoms with Gasteiger partial charge in [0.05, 0.1) is 12.2 Å². The summed E-state index contributed by atoms with van der Waals surface area (Å²) in [4.78, 5) is 36.6. The van der Waals surface area contributed by atoms with E-state index in [-0.39, 0.29) is 11.7 Å². The van der Waals surface area contributed by atoms with Gasteiger partial charge in [0.15, 0.2) is 0 Å². The molecule has 1 atom stereocenters. The molecule has 2 aliphatic rings. The Morgan fingerprint density at radius 2 is 1.93 bits per heavy atom. The lowest BCUT2D eigenvalue weighted by Gasteiger charge is -2.35. The van der Waals surface area contributed by atoms with Crippen LogP contribution in [0.2, 0.25) is 0 Å². The fourth-order valence-electron chi connectivity index (χ4n) is 3.28. The Bertz CT molecular complexity index is 930. The molecule has 0 aliphatic carbocycles. The lowest BCUT2D eigenvalue weighted by molar-refractivity contribution is -0.140. The predicted octanol–water partition coefficient (Wildman–Crippen LogP) is 2.38. The van der Waals surface area contributed by atoms with Gasteiger partial charge in [0.1, 0.15) is 16.7 Å². The first-order chi connectivity index (χ1) is 13.6. The average molecular weight is 398 g/mol. The number of allylic oxidation sites excluding steroid dienone is 1. The lowest BCUT2D eigenvalue weighted by Crippen LogP contribution is -2.50. The van der Waals surface area contributed by atoms with Crippen LogP contribution in [0.3, 0.4) is 0 Å². The van der Waals surface area contributed by atoms with Crippen molar-refractivity contribution < 1.29 is 14.0 Å². The van der Waals surface area contributed by atoms with Crippen LogP contribution in [0.1, 0.15) is 5.01 Å². The number of dihydropyridines is 1. The Morgan fingerprint density at radius 1 is 1.18 bits per heavy atom. The number of thiazole rings is 1. The second-order valence-corrected chi connectivity index (χ2v) is 7.66. The average Bonchev–Trinajstić information content (AvgIpc) is 3.17. The summed E-state index contributed by atoms with van der Waals surface area (Å²) in [7, 11) is 0. The number of nitrogens with zero attached hydrogens (tertiary/aromatic N) is 4. The maximum atomic E-state index is 13.1. The van der Waals surface area contributed by atoms with Crippen LogP contribution in [0, 0.1) is 11.7 Å². The number of hydrogen-bond donors (Lipinski definition) is 0. The molecule has 144 valence electrons. The highest BCUT2D eigenvalue weighted by molar-refractivity contribution is 7.09. The first-order valence-electron chi connectivity index (χ1n) is 9.06. The third kappa shape index (κ3) is 4.07. The van der Waals surface area contributed by atoms with E-state index in [0.29, 0.717) is 19.6 Å². The van der Waals surface area contributed by atoms with Gasteiger partial charge < -0.3 is 4.90 Å². The number of benzene rings is 1. The first kappa shape index (κ1) is 18.6. The molecule has 4 rings (SSSR count). The third-order valence-electron chi connectivity index (χ3n) is 4.86. The van der Waals surface area contributed by atoms with E-state index in [1.165, 1.54) is 18.3 Å². The summed E-state index contributed by atoms with van der Waals surface area (Å²) in [6.07, 6.45) is 4.66. The molecule has 0 N–H and O–H groups in total. The Balaban J connectivity index is 1.32. The number of amides is 2. The second-order valence-electron chi connectivity index (χ2n) is 6.71. The molecule has 2 aliphatic heterocycles. The topological polar surface area (TPSA) is 65.9 Å². The molecular formula is C20H19FN4O2S. The molecule has 2 amide bonds. The van der Waals surface area contributed by atoms with E-state index in [1.807, 2.05) is 5.38 Å². The molecule has 1 aromatic carbocycles. The molecule has 2 aromatic rings. The fraction of sp³-hybridized carbons (Fsp3) is 0.300. The van der Waals surface area contributed by atoms with Crippen molar-refractivity contribution in [2.45, 2.75) is 6.54 Å². The minimum Gasteiger partial charge on any atom is -0.339 e. The Kier molecular flexibility index (Phi) is 5.40. The molecule has 3 heterocycles. The van der Waals surface area contributed by atoms with Crippen molar-refractivity contribution >= 4 is 29.4 Å². The van der Waals surface area contributed by atoms with Crippen molar-refractivity contribution in [3.63, 3.8) is 0 Å². The Labute approximate surface area is 166 Å². The van der Waals surface area contributed by atoms with E-state index in [2.05, 4.69) is 14.9 Å². The summed E-state index contributed by atoms with van der Waals surface area (Å²) in [6.45, 7) is 3.32. The highest BCUT2D eigenvalue weighted by Crippen LogP contribution is 2.23. The molecule has 0 spiro atoms. The maximum absolute atomic E-state index is 13.1. The summed E-state index contributed by atoms with van der Waals surface area (Å²) >= 11 is 1.58. The van der Waals surface area contributed by atoms with Crippen LogP contribution >= 0.6 is 11.3 Å². The largest absolute Gasteiger partial charge is 0.339 e. The molecule has 1 unspecified atom stereocenters. The van der Waals surface area contributed by atoms with Crippen LogP contribution in [0.5, 0.6) is 0 Å². The van der Waals surface area contributed by atoms with Crippen LogP contribution in [0.15, 0.2) is 46.8 Å². The summed E-state index contributed by atoms with van der Waals surface area (Å²) in [5, 5.41) is 2.96. The van der Waals surface area contributed by atoms with Crippen LogP contribution in [0.25, 0.3) is 11.3 Å². The van der Waals surface area contributed by atoms with Crippen molar-refractivity contribution in [2.24, 2.45) is 10.9 Å². The molecular weight excluding hydrogens is 379 g/mol. The van der Waals surface area contributed by atoms with E-state index >= 15 is 0 Å². The molecule has 0 saturated carbocycles.